The second-order valence-corrected chi connectivity index (χ2v) is 9.78. The fourth-order valence-corrected chi connectivity index (χ4v) is 4.54. The summed E-state index contributed by atoms with van der Waals surface area (Å²) in [6.45, 7) is 6.23. The van der Waals surface area contributed by atoms with E-state index in [1.807, 2.05) is 6.07 Å². The van der Waals surface area contributed by atoms with Crippen LogP contribution in [-0.4, -0.2) is 75.4 Å². The molecule has 0 saturated heterocycles. The molecule has 1 heterocycles. The molecule has 2 aromatic carbocycles. The topological polar surface area (TPSA) is 98.3 Å². The molecule has 0 radical (unpaired) electrons. The van der Waals surface area contributed by atoms with Gasteiger partial charge in [0.05, 0.1) is 5.70 Å². The van der Waals surface area contributed by atoms with Gasteiger partial charge in [-0.1, -0.05) is 74.5 Å². The number of Topliss-reactive ketones (excluding diaryl/α,β-unsaturated/α-hetero) is 1. The molecule has 2 aromatic rings. The average Bonchev–Trinajstić information content (AvgIpc) is 2.88. The fourth-order valence-electron chi connectivity index (χ4n) is 4.54. The summed E-state index contributed by atoms with van der Waals surface area (Å²) in [6.07, 6.45) is 1.55. The molecule has 4 amide bonds. The molecule has 200 valence electrons. The second-order valence-electron chi connectivity index (χ2n) is 9.78. The Morgan fingerprint density at radius 1 is 0.895 bits per heavy atom. The van der Waals surface area contributed by atoms with Crippen molar-refractivity contribution in [1.29, 1.82) is 0 Å². The van der Waals surface area contributed by atoms with E-state index < -0.39 is 35.6 Å². The lowest BCUT2D eigenvalue weighted by Gasteiger charge is -2.46. The van der Waals surface area contributed by atoms with Crippen LogP contribution in [0.4, 0.5) is 0 Å². The Balaban J connectivity index is 2.27. The largest absolute Gasteiger partial charge is 0.342 e. The number of rotatable bonds is 8. The van der Waals surface area contributed by atoms with E-state index in [0.717, 1.165) is 9.91 Å². The minimum absolute atomic E-state index is 0.00739. The third-order valence-electron chi connectivity index (χ3n) is 6.34. The van der Waals surface area contributed by atoms with Crippen molar-refractivity contribution in [2.75, 3.05) is 14.1 Å². The third-order valence-corrected chi connectivity index (χ3v) is 6.34. The number of hydrazine groups is 1. The van der Waals surface area contributed by atoms with Gasteiger partial charge in [0.1, 0.15) is 12.1 Å². The van der Waals surface area contributed by atoms with Crippen LogP contribution in [0.5, 0.6) is 0 Å². The van der Waals surface area contributed by atoms with Crippen LogP contribution >= 0.6 is 0 Å². The number of hydrogen-bond acceptors (Lipinski definition) is 5. The molecule has 1 aliphatic heterocycles. The van der Waals surface area contributed by atoms with Gasteiger partial charge in [-0.2, -0.15) is 0 Å². The summed E-state index contributed by atoms with van der Waals surface area (Å²) in [5.41, 5.74) is 1.52. The average molecular weight is 519 g/mol. The summed E-state index contributed by atoms with van der Waals surface area (Å²) in [4.78, 5) is 69.2. The van der Waals surface area contributed by atoms with E-state index >= 15 is 0 Å². The molecule has 9 heteroatoms. The summed E-state index contributed by atoms with van der Waals surface area (Å²) in [7, 11) is 2.91. The molecule has 0 N–H and O–H groups in total. The zero-order valence-corrected chi connectivity index (χ0v) is 22.6. The van der Waals surface area contributed by atoms with Gasteiger partial charge in [-0.3, -0.25) is 24.0 Å². The highest BCUT2D eigenvalue weighted by molar-refractivity contribution is 6.38. The molecule has 0 aliphatic carbocycles. The van der Waals surface area contributed by atoms with Crippen LogP contribution in [0.3, 0.4) is 0 Å². The number of likely N-dealkylation sites (N-methyl/N-ethyl adjacent to an activating group) is 1. The molecule has 0 aromatic heterocycles. The Kier molecular flexibility index (Phi) is 8.83. The molecule has 0 bridgehead atoms. The van der Waals surface area contributed by atoms with Gasteiger partial charge in [-0.15, -0.1) is 0 Å². The first kappa shape index (κ1) is 28.3. The lowest BCUT2D eigenvalue weighted by Crippen LogP contribution is -2.64. The maximum atomic E-state index is 14.2. The summed E-state index contributed by atoms with van der Waals surface area (Å²) >= 11 is 0. The van der Waals surface area contributed by atoms with Crippen molar-refractivity contribution in [3.05, 3.63) is 78.0 Å². The minimum Gasteiger partial charge on any atom is -0.342 e. The van der Waals surface area contributed by atoms with Gasteiger partial charge in [0.2, 0.25) is 17.6 Å². The van der Waals surface area contributed by atoms with Crippen molar-refractivity contribution < 1.29 is 24.0 Å². The van der Waals surface area contributed by atoms with Crippen LogP contribution in [0, 0.1) is 5.92 Å². The fraction of sp³-hybridized carbons (Fsp3) is 0.345. The van der Waals surface area contributed by atoms with E-state index in [4.69, 9.17) is 0 Å². The van der Waals surface area contributed by atoms with Gasteiger partial charge in [-0.05, 0) is 11.5 Å². The smallest absolute Gasteiger partial charge is 0.291 e. The predicted molar refractivity (Wildman–Crippen MR) is 143 cm³/mol. The van der Waals surface area contributed by atoms with Gasteiger partial charge in [0.15, 0.2) is 0 Å². The molecule has 0 saturated carbocycles. The Hall–Kier alpha value is -4.27. The monoisotopic (exact) mass is 518 g/mol. The maximum Gasteiger partial charge on any atom is 0.291 e. The Morgan fingerprint density at radius 3 is 1.92 bits per heavy atom. The van der Waals surface area contributed by atoms with Crippen molar-refractivity contribution in [2.45, 2.75) is 46.2 Å². The SMILES string of the molecule is CC(=O)N1C=C(c2ccccc2)N(N(C(C)=O)C(Cc2ccccc2)C(=O)C(=O)N(C)C)C(=O)C1C(C)C. The molecular weight excluding hydrogens is 484 g/mol. The molecule has 2 unspecified atom stereocenters. The first-order chi connectivity index (χ1) is 18.0. The quantitative estimate of drug-likeness (QED) is 0.501. The van der Waals surface area contributed by atoms with E-state index in [1.165, 1.54) is 44.1 Å². The minimum atomic E-state index is -1.31. The summed E-state index contributed by atoms with van der Waals surface area (Å²) in [6, 6.07) is 15.6. The summed E-state index contributed by atoms with van der Waals surface area (Å²) in [5, 5.41) is 2.25. The highest BCUT2D eigenvalue weighted by Gasteiger charge is 2.46. The van der Waals surface area contributed by atoms with E-state index in [9.17, 15) is 24.0 Å². The van der Waals surface area contributed by atoms with Crippen LogP contribution in [-0.2, 0) is 30.4 Å². The van der Waals surface area contributed by atoms with Crippen LogP contribution in [0.2, 0.25) is 0 Å². The Morgan fingerprint density at radius 2 is 1.45 bits per heavy atom. The molecular formula is C29H34N4O5. The number of amides is 4. The van der Waals surface area contributed by atoms with E-state index in [2.05, 4.69) is 0 Å². The molecule has 9 nitrogen and oxygen atoms in total. The highest BCUT2D eigenvalue weighted by Crippen LogP contribution is 2.33. The van der Waals surface area contributed by atoms with Crippen LogP contribution in [0.1, 0.15) is 38.8 Å². The number of benzene rings is 2. The van der Waals surface area contributed by atoms with Crippen LogP contribution in [0.15, 0.2) is 66.9 Å². The molecule has 1 aliphatic rings. The molecule has 3 rings (SSSR count). The van der Waals surface area contributed by atoms with E-state index in [1.54, 1.807) is 68.4 Å². The normalized spacial score (nSPS) is 16.1. The van der Waals surface area contributed by atoms with Gasteiger partial charge < -0.3 is 9.80 Å². The zero-order valence-electron chi connectivity index (χ0n) is 22.6. The Bertz CT molecular complexity index is 1240. The number of hydrogen-bond donors (Lipinski definition) is 0. The molecule has 2 atom stereocenters. The lowest BCUT2D eigenvalue weighted by atomic mass is 9.96. The first-order valence-electron chi connectivity index (χ1n) is 12.4. The molecule has 38 heavy (non-hydrogen) atoms. The summed E-state index contributed by atoms with van der Waals surface area (Å²) in [5.74, 6) is -3.40. The zero-order chi connectivity index (χ0) is 28.1. The van der Waals surface area contributed by atoms with Gasteiger partial charge in [0, 0.05) is 46.1 Å². The van der Waals surface area contributed by atoms with Gasteiger partial charge >= 0.3 is 0 Å². The van der Waals surface area contributed by atoms with Crippen molar-refractivity contribution in [3.8, 4) is 0 Å². The van der Waals surface area contributed by atoms with Gasteiger partial charge in [-0.25, -0.2) is 10.0 Å². The number of nitrogens with zero attached hydrogens (tertiary/aromatic N) is 4. The van der Waals surface area contributed by atoms with Crippen molar-refractivity contribution in [1.82, 2.24) is 19.8 Å². The molecule has 0 spiro atoms. The predicted octanol–water partition coefficient (Wildman–Crippen LogP) is 2.73. The standard InChI is InChI=1S/C29H34N4O5/c1-19(2)26-28(37)33(25(18-31(26)20(3)34)23-15-11-8-12-16-23)32(21(4)35)24(27(36)29(38)30(5)6)17-22-13-9-7-10-14-22/h7-16,18-19,24,26H,17H2,1-6H3. The third kappa shape index (κ3) is 5.82. The number of carbonyl (C=O) groups excluding carboxylic acids is 5. The highest BCUT2D eigenvalue weighted by atomic mass is 16.2. The van der Waals surface area contributed by atoms with Gasteiger partial charge in [0.25, 0.3) is 11.8 Å². The van der Waals surface area contributed by atoms with Crippen molar-refractivity contribution in [2.24, 2.45) is 5.92 Å². The number of ketones is 1. The lowest BCUT2D eigenvalue weighted by molar-refractivity contribution is -0.170. The second kappa shape index (κ2) is 11.9. The van der Waals surface area contributed by atoms with Crippen molar-refractivity contribution >= 4 is 35.1 Å². The van der Waals surface area contributed by atoms with Crippen LogP contribution in [0.25, 0.3) is 5.70 Å². The Labute approximate surface area is 223 Å². The maximum absolute atomic E-state index is 14.2. The molecule has 0 fully saturated rings. The van der Waals surface area contributed by atoms with Crippen molar-refractivity contribution in [3.63, 3.8) is 0 Å². The summed E-state index contributed by atoms with van der Waals surface area (Å²) < 4.78 is 0. The van der Waals surface area contributed by atoms with Crippen LogP contribution < -0.4 is 0 Å². The van der Waals surface area contributed by atoms with E-state index in [-0.39, 0.29) is 23.9 Å². The first-order valence-corrected chi connectivity index (χ1v) is 12.4. The van der Waals surface area contributed by atoms with E-state index in [0.29, 0.717) is 11.1 Å². The number of carbonyl (C=O) groups is 5.